The summed E-state index contributed by atoms with van der Waals surface area (Å²) in [6.45, 7) is 0. The topological polar surface area (TPSA) is 77.8 Å². The minimum absolute atomic E-state index is 0.593. The van der Waals surface area contributed by atoms with Gasteiger partial charge in [-0.25, -0.2) is 0 Å². The number of aromatic nitrogens is 4. The van der Waals surface area contributed by atoms with Crippen LogP contribution in [0.2, 0.25) is 0 Å². The molecule has 0 radical (unpaired) electrons. The van der Waals surface area contributed by atoms with Crippen molar-refractivity contribution in [2.24, 2.45) is 0 Å². The summed E-state index contributed by atoms with van der Waals surface area (Å²) in [5.41, 5.74) is 0. The van der Waals surface area contributed by atoms with Crippen LogP contribution in [-0.2, 0) is 18.8 Å². The first kappa shape index (κ1) is 13.3. The molecule has 104 valence electrons. The molecule has 0 aliphatic heterocycles. The van der Waals surface area contributed by atoms with Gasteiger partial charge in [0.2, 0.25) is 11.8 Å². The van der Waals surface area contributed by atoms with Crippen LogP contribution in [0.25, 0.3) is 0 Å². The molecule has 12 heteroatoms. The Bertz CT molecular complexity index is 520. The third-order valence-electron chi connectivity index (χ3n) is 1.72. The maximum Gasteiger partial charge on any atom is 0.470 e. The van der Waals surface area contributed by atoms with E-state index in [9.17, 15) is 26.3 Å². The predicted molar refractivity (Wildman–Crippen MR) is 41.4 cm³/mol. The Morgan fingerprint density at radius 3 is 1.32 bits per heavy atom. The van der Waals surface area contributed by atoms with E-state index in [0.717, 1.165) is 0 Å². The summed E-state index contributed by atoms with van der Waals surface area (Å²) in [6, 6.07) is 0. The Morgan fingerprint density at radius 1 is 0.684 bits per heavy atom. The highest BCUT2D eigenvalue weighted by Crippen LogP contribution is 2.29. The number of hydrogen-bond acceptors (Lipinski definition) is 6. The summed E-state index contributed by atoms with van der Waals surface area (Å²) in [5.74, 6) is -4.41. The predicted octanol–water partition coefficient (Wildman–Crippen LogP) is 2.08. The fraction of sp³-hybridized carbons (Fsp3) is 0.429. The lowest BCUT2D eigenvalue weighted by Crippen LogP contribution is -2.04. The van der Waals surface area contributed by atoms with Crippen LogP contribution in [0.3, 0.4) is 0 Å². The van der Waals surface area contributed by atoms with Crippen molar-refractivity contribution < 1.29 is 35.2 Å². The zero-order chi connectivity index (χ0) is 14.3. The SMILES string of the molecule is FC(F)(F)c1nnc(Cc2nnc(C(F)(F)F)o2)o1. The summed E-state index contributed by atoms with van der Waals surface area (Å²) in [5, 5.41) is 11.4. The van der Waals surface area contributed by atoms with E-state index in [-0.39, 0.29) is 0 Å². The highest BCUT2D eigenvalue weighted by atomic mass is 19.4. The lowest BCUT2D eigenvalue weighted by Gasteiger charge is -1.97. The van der Waals surface area contributed by atoms with Gasteiger partial charge in [-0.1, -0.05) is 0 Å². The van der Waals surface area contributed by atoms with Crippen LogP contribution in [0.5, 0.6) is 0 Å². The van der Waals surface area contributed by atoms with Crippen LogP contribution in [0.1, 0.15) is 23.6 Å². The molecule has 2 aromatic heterocycles. The van der Waals surface area contributed by atoms with Crippen LogP contribution >= 0.6 is 0 Å². The molecule has 19 heavy (non-hydrogen) atoms. The smallest absolute Gasteiger partial charge is 0.417 e. The normalized spacial score (nSPS) is 12.9. The third kappa shape index (κ3) is 3.00. The van der Waals surface area contributed by atoms with Gasteiger partial charge < -0.3 is 8.83 Å². The molecule has 0 aromatic carbocycles. The Labute approximate surface area is 99.0 Å². The third-order valence-corrected chi connectivity index (χ3v) is 1.72. The lowest BCUT2D eigenvalue weighted by molar-refractivity contribution is -0.157. The highest BCUT2D eigenvalue weighted by Gasteiger charge is 2.39. The van der Waals surface area contributed by atoms with Crippen molar-refractivity contribution in [3.63, 3.8) is 0 Å². The van der Waals surface area contributed by atoms with Crippen molar-refractivity contribution >= 4 is 0 Å². The second-order valence-corrected chi connectivity index (χ2v) is 3.17. The van der Waals surface area contributed by atoms with Crippen LogP contribution in [0.4, 0.5) is 26.3 Å². The summed E-state index contributed by atoms with van der Waals surface area (Å²) in [4.78, 5) is 0. The Kier molecular flexibility index (Phi) is 2.94. The molecule has 0 bridgehead atoms. The second-order valence-electron chi connectivity index (χ2n) is 3.17. The molecule has 0 fully saturated rings. The molecule has 2 rings (SSSR count). The molecule has 0 atom stereocenters. The summed E-state index contributed by atoms with van der Waals surface area (Å²) >= 11 is 0. The zero-order valence-corrected chi connectivity index (χ0v) is 8.58. The van der Waals surface area contributed by atoms with E-state index >= 15 is 0 Å². The molecule has 0 aliphatic carbocycles. The summed E-state index contributed by atoms with van der Waals surface area (Å²) in [7, 11) is 0. The van der Waals surface area contributed by atoms with Gasteiger partial charge in [0.15, 0.2) is 0 Å². The highest BCUT2D eigenvalue weighted by molar-refractivity contribution is 4.95. The molecule has 0 amide bonds. The number of nitrogens with zero attached hydrogens (tertiary/aromatic N) is 4. The second kappa shape index (κ2) is 4.20. The quantitative estimate of drug-likeness (QED) is 0.787. The van der Waals surface area contributed by atoms with Crippen molar-refractivity contribution in [1.29, 1.82) is 0 Å². The molecule has 0 saturated heterocycles. The van der Waals surface area contributed by atoms with Gasteiger partial charge in [0.05, 0.1) is 0 Å². The molecule has 0 spiro atoms. The summed E-state index contributed by atoms with van der Waals surface area (Å²) in [6.07, 6.45) is -10.3. The molecule has 2 heterocycles. The van der Waals surface area contributed by atoms with Crippen LogP contribution in [0.15, 0.2) is 8.83 Å². The number of rotatable bonds is 2. The van der Waals surface area contributed by atoms with Crippen molar-refractivity contribution in [1.82, 2.24) is 20.4 Å². The van der Waals surface area contributed by atoms with Gasteiger partial charge in [-0.2, -0.15) is 26.3 Å². The van der Waals surface area contributed by atoms with Gasteiger partial charge in [0.1, 0.15) is 6.42 Å². The Morgan fingerprint density at radius 2 is 1.05 bits per heavy atom. The van der Waals surface area contributed by atoms with Gasteiger partial charge >= 0.3 is 24.1 Å². The number of halogens is 6. The van der Waals surface area contributed by atoms with Gasteiger partial charge in [-0.3, -0.25) is 0 Å². The average Bonchev–Trinajstić information content (AvgIpc) is 2.84. The largest absolute Gasteiger partial charge is 0.470 e. The van der Waals surface area contributed by atoms with E-state index in [1.165, 1.54) is 0 Å². The first-order valence-electron chi connectivity index (χ1n) is 4.45. The number of alkyl halides is 6. The fourth-order valence-corrected chi connectivity index (χ4v) is 1.01. The van der Waals surface area contributed by atoms with Crippen molar-refractivity contribution in [3.05, 3.63) is 23.6 Å². The number of hydrogen-bond donors (Lipinski definition) is 0. The first-order chi connectivity index (χ1) is 8.66. The van der Waals surface area contributed by atoms with E-state index in [1.807, 2.05) is 0 Å². The monoisotopic (exact) mass is 288 g/mol. The molecule has 0 aliphatic rings. The van der Waals surface area contributed by atoms with Crippen molar-refractivity contribution in [2.75, 3.05) is 0 Å². The molecule has 6 nitrogen and oxygen atoms in total. The molecular weight excluding hydrogens is 286 g/mol. The Balaban J connectivity index is 2.14. The average molecular weight is 288 g/mol. The zero-order valence-electron chi connectivity index (χ0n) is 8.58. The van der Waals surface area contributed by atoms with E-state index in [2.05, 4.69) is 29.2 Å². The molecular formula is C7H2F6N4O2. The van der Waals surface area contributed by atoms with E-state index in [1.54, 1.807) is 0 Å². The van der Waals surface area contributed by atoms with Crippen molar-refractivity contribution in [3.8, 4) is 0 Å². The summed E-state index contributed by atoms with van der Waals surface area (Å²) < 4.78 is 81.0. The minimum atomic E-state index is -4.84. The van der Waals surface area contributed by atoms with Gasteiger partial charge in [-0.05, 0) is 0 Å². The van der Waals surface area contributed by atoms with E-state index < -0.39 is 42.3 Å². The van der Waals surface area contributed by atoms with Crippen LogP contribution < -0.4 is 0 Å². The molecule has 0 saturated carbocycles. The fourth-order valence-electron chi connectivity index (χ4n) is 1.01. The molecule has 0 unspecified atom stereocenters. The van der Waals surface area contributed by atoms with Gasteiger partial charge in [-0.15, -0.1) is 20.4 Å². The standard InChI is InChI=1S/C7H2F6N4O2/c8-6(9,10)4-16-14-2(18-4)1-3-15-17-5(19-3)7(11,12)13/h1H2. The molecule has 0 N–H and O–H groups in total. The minimum Gasteiger partial charge on any atom is -0.417 e. The first-order valence-corrected chi connectivity index (χ1v) is 4.45. The van der Waals surface area contributed by atoms with E-state index in [0.29, 0.717) is 0 Å². The van der Waals surface area contributed by atoms with E-state index in [4.69, 9.17) is 0 Å². The van der Waals surface area contributed by atoms with Crippen LogP contribution in [0, 0.1) is 0 Å². The molecule has 2 aromatic rings. The van der Waals surface area contributed by atoms with Crippen molar-refractivity contribution in [2.45, 2.75) is 18.8 Å². The lowest BCUT2D eigenvalue weighted by atomic mass is 10.4. The maximum absolute atomic E-state index is 12.1. The maximum atomic E-state index is 12.1. The van der Waals surface area contributed by atoms with Gasteiger partial charge in [0, 0.05) is 0 Å². The van der Waals surface area contributed by atoms with Crippen LogP contribution in [-0.4, -0.2) is 20.4 Å². The van der Waals surface area contributed by atoms with Gasteiger partial charge in [0.25, 0.3) is 0 Å². The Hall–Kier alpha value is -2.14.